The van der Waals surface area contributed by atoms with Gasteiger partial charge in [-0.2, -0.15) is 0 Å². The van der Waals surface area contributed by atoms with Gasteiger partial charge in [0.1, 0.15) is 0 Å². The van der Waals surface area contributed by atoms with Gasteiger partial charge in [-0.15, -0.1) is 0 Å². The fourth-order valence-electron chi connectivity index (χ4n) is 2.39. The average molecular weight is 258 g/mol. The van der Waals surface area contributed by atoms with E-state index in [0.717, 1.165) is 19.0 Å². The predicted octanol–water partition coefficient (Wildman–Crippen LogP) is 3.88. The second-order valence-corrected chi connectivity index (χ2v) is 5.48. The third-order valence-electron chi connectivity index (χ3n) is 3.64. The van der Waals surface area contributed by atoms with E-state index in [2.05, 4.69) is 25.2 Å². The highest BCUT2D eigenvalue weighted by Crippen LogP contribution is 2.54. The van der Waals surface area contributed by atoms with E-state index in [1.165, 1.54) is 12.0 Å². The van der Waals surface area contributed by atoms with Crippen LogP contribution in [0, 0.1) is 5.92 Å². The zero-order valence-corrected chi connectivity index (χ0v) is 11.2. The van der Waals surface area contributed by atoms with Gasteiger partial charge in [-0.05, 0) is 36.6 Å². The Kier molecular flexibility index (Phi) is 3.48. The lowest BCUT2D eigenvalue weighted by atomic mass is 9.93. The third-order valence-corrected chi connectivity index (χ3v) is 4.38. The number of hydrogen-bond donors (Lipinski definition) is 1. The maximum absolute atomic E-state index is 6.08. The molecule has 0 saturated heterocycles. The van der Waals surface area contributed by atoms with Gasteiger partial charge in [-0.1, -0.05) is 43.1 Å². The summed E-state index contributed by atoms with van der Waals surface area (Å²) in [5, 5.41) is 4.74. The Morgan fingerprint density at radius 2 is 2.06 bits per heavy atom. The second kappa shape index (κ2) is 4.56. The molecular weight excluding hydrogens is 241 g/mol. The minimum Gasteiger partial charge on any atom is -0.316 e. The molecule has 0 radical (unpaired) electrons. The highest BCUT2D eigenvalue weighted by atomic mass is 35.5. The SMILES string of the molecule is CCNCC1(c2ccc(Cl)c(Cl)c2)CC1C. The number of hydrogen-bond acceptors (Lipinski definition) is 1. The normalized spacial score (nSPS) is 28.1. The number of likely N-dealkylation sites (N-methyl/N-ethyl adjacent to an activating group) is 1. The van der Waals surface area contributed by atoms with E-state index in [1.54, 1.807) is 0 Å². The van der Waals surface area contributed by atoms with Gasteiger partial charge in [0.25, 0.3) is 0 Å². The lowest BCUT2D eigenvalue weighted by molar-refractivity contribution is 0.556. The molecule has 88 valence electrons. The number of rotatable bonds is 4. The van der Waals surface area contributed by atoms with Gasteiger partial charge in [-0.25, -0.2) is 0 Å². The molecule has 0 bridgehead atoms. The van der Waals surface area contributed by atoms with Crippen molar-refractivity contribution in [2.45, 2.75) is 25.7 Å². The molecular formula is C13H17Cl2N. The first-order valence-corrected chi connectivity index (χ1v) is 6.52. The minimum atomic E-state index is 0.282. The largest absolute Gasteiger partial charge is 0.316 e. The fraction of sp³-hybridized carbons (Fsp3) is 0.538. The van der Waals surface area contributed by atoms with Gasteiger partial charge >= 0.3 is 0 Å². The Morgan fingerprint density at radius 3 is 2.56 bits per heavy atom. The Hall–Kier alpha value is -0.240. The predicted molar refractivity (Wildman–Crippen MR) is 70.5 cm³/mol. The van der Waals surface area contributed by atoms with Crippen molar-refractivity contribution in [3.63, 3.8) is 0 Å². The molecule has 2 atom stereocenters. The summed E-state index contributed by atoms with van der Waals surface area (Å²) in [5.74, 6) is 0.726. The van der Waals surface area contributed by atoms with Crippen molar-refractivity contribution in [3.05, 3.63) is 33.8 Å². The van der Waals surface area contributed by atoms with Crippen molar-refractivity contribution >= 4 is 23.2 Å². The Morgan fingerprint density at radius 1 is 1.38 bits per heavy atom. The molecule has 0 aliphatic heterocycles. The van der Waals surface area contributed by atoms with Crippen LogP contribution < -0.4 is 5.32 Å². The highest BCUT2D eigenvalue weighted by molar-refractivity contribution is 6.42. The van der Waals surface area contributed by atoms with Crippen molar-refractivity contribution in [1.29, 1.82) is 0 Å². The topological polar surface area (TPSA) is 12.0 Å². The molecule has 16 heavy (non-hydrogen) atoms. The molecule has 2 unspecified atom stereocenters. The molecule has 0 heterocycles. The molecule has 1 fully saturated rings. The van der Waals surface area contributed by atoms with Crippen LogP contribution in [0.2, 0.25) is 10.0 Å². The van der Waals surface area contributed by atoms with Crippen LogP contribution in [0.25, 0.3) is 0 Å². The lowest BCUT2D eigenvalue weighted by Gasteiger charge is -2.18. The summed E-state index contributed by atoms with van der Waals surface area (Å²) in [4.78, 5) is 0. The van der Waals surface area contributed by atoms with E-state index in [9.17, 15) is 0 Å². The molecule has 1 aliphatic carbocycles. The summed E-state index contributed by atoms with van der Waals surface area (Å²) in [6.07, 6.45) is 1.23. The van der Waals surface area contributed by atoms with Crippen LogP contribution in [0.4, 0.5) is 0 Å². The van der Waals surface area contributed by atoms with E-state index in [4.69, 9.17) is 23.2 Å². The van der Waals surface area contributed by atoms with Crippen molar-refractivity contribution in [2.24, 2.45) is 5.92 Å². The third kappa shape index (κ3) is 2.09. The van der Waals surface area contributed by atoms with E-state index in [1.807, 2.05) is 12.1 Å². The molecule has 0 amide bonds. The molecule has 1 nitrogen and oxygen atoms in total. The summed E-state index contributed by atoms with van der Waals surface area (Å²) in [6.45, 7) is 6.47. The number of nitrogens with one attached hydrogen (secondary N) is 1. The molecule has 0 spiro atoms. The minimum absolute atomic E-state index is 0.282. The number of benzene rings is 1. The molecule has 2 rings (SSSR count). The molecule has 1 aliphatic rings. The smallest absolute Gasteiger partial charge is 0.0595 e. The summed E-state index contributed by atoms with van der Waals surface area (Å²) in [6, 6.07) is 6.03. The van der Waals surface area contributed by atoms with Gasteiger partial charge in [-0.3, -0.25) is 0 Å². The quantitative estimate of drug-likeness (QED) is 0.864. The van der Waals surface area contributed by atoms with Crippen LogP contribution in [0.3, 0.4) is 0 Å². The van der Waals surface area contributed by atoms with E-state index < -0.39 is 0 Å². The molecule has 3 heteroatoms. The van der Waals surface area contributed by atoms with Crippen LogP contribution in [-0.2, 0) is 5.41 Å². The average Bonchev–Trinajstić information content (AvgIpc) is 2.92. The van der Waals surface area contributed by atoms with Gasteiger partial charge in [0.05, 0.1) is 10.0 Å². The van der Waals surface area contributed by atoms with Crippen molar-refractivity contribution < 1.29 is 0 Å². The molecule has 1 saturated carbocycles. The van der Waals surface area contributed by atoms with Crippen molar-refractivity contribution in [1.82, 2.24) is 5.32 Å². The van der Waals surface area contributed by atoms with E-state index >= 15 is 0 Å². The molecule has 1 aromatic carbocycles. The second-order valence-electron chi connectivity index (χ2n) is 4.67. The highest BCUT2D eigenvalue weighted by Gasteiger charge is 2.51. The van der Waals surface area contributed by atoms with Gasteiger partial charge in [0.15, 0.2) is 0 Å². The Labute approximate surface area is 107 Å². The first-order chi connectivity index (χ1) is 7.60. The van der Waals surface area contributed by atoms with Crippen molar-refractivity contribution in [2.75, 3.05) is 13.1 Å². The maximum atomic E-state index is 6.08. The fourth-order valence-corrected chi connectivity index (χ4v) is 2.69. The van der Waals surface area contributed by atoms with Crippen LogP contribution >= 0.6 is 23.2 Å². The molecule has 0 aromatic heterocycles. The van der Waals surface area contributed by atoms with Crippen LogP contribution in [0.1, 0.15) is 25.8 Å². The van der Waals surface area contributed by atoms with Gasteiger partial charge in [0, 0.05) is 12.0 Å². The van der Waals surface area contributed by atoms with E-state index in [-0.39, 0.29) is 5.41 Å². The monoisotopic (exact) mass is 257 g/mol. The van der Waals surface area contributed by atoms with Crippen LogP contribution in [0.5, 0.6) is 0 Å². The lowest BCUT2D eigenvalue weighted by Crippen LogP contribution is -2.28. The zero-order valence-electron chi connectivity index (χ0n) is 9.69. The number of halogens is 2. The van der Waals surface area contributed by atoms with Crippen molar-refractivity contribution in [3.8, 4) is 0 Å². The zero-order chi connectivity index (χ0) is 11.8. The Balaban J connectivity index is 2.24. The molecule has 1 N–H and O–H groups in total. The maximum Gasteiger partial charge on any atom is 0.0595 e. The molecule has 1 aromatic rings. The van der Waals surface area contributed by atoms with E-state index in [0.29, 0.717) is 10.0 Å². The first kappa shape index (κ1) is 12.2. The summed E-state index contributed by atoms with van der Waals surface area (Å²) < 4.78 is 0. The summed E-state index contributed by atoms with van der Waals surface area (Å²) in [5.41, 5.74) is 1.60. The van der Waals surface area contributed by atoms with Gasteiger partial charge in [0.2, 0.25) is 0 Å². The van der Waals surface area contributed by atoms with Gasteiger partial charge < -0.3 is 5.32 Å². The van der Waals surface area contributed by atoms with Crippen LogP contribution in [-0.4, -0.2) is 13.1 Å². The Bertz CT molecular complexity index is 392. The summed E-state index contributed by atoms with van der Waals surface area (Å²) >= 11 is 12.0. The van der Waals surface area contributed by atoms with Crippen LogP contribution in [0.15, 0.2) is 18.2 Å². The first-order valence-electron chi connectivity index (χ1n) is 5.76. The summed E-state index contributed by atoms with van der Waals surface area (Å²) in [7, 11) is 0. The standard InChI is InChI=1S/C13H17Cl2N/c1-3-16-8-13(7-9(13)2)10-4-5-11(14)12(15)6-10/h4-6,9,16H,3,7-8H2,1-2H3.